The molecule has 152 valence electrons. The second-order valence-corrected chi connectivity index (χ2v) is 9.51. The first-order valence-electron chi connectivity index (χ1n) is 9.47. The van der Waals surface area contributed by atoms with Crippen LogP contribution in [0.1, 0.15) is 18.4 Å². The maximum Gasteiger partial charge on any atom is 0.262 e. The van der Waals surface area contributed by atoms with E-state index in [9.17, 15) is 12.8 Å². The number of nitrogens with one attached hydrogen (secondary N) is 1. The van der Waals surface area contributed by atoms with Crippen LogP contribution < -0.4 is 5.32 Å². The van der Waals surface area contributed by atoms with Crippen LogP contribution in [0.25, 0.3) is 0 Å². The Morgan fingerprint density at radius 1 is 1.32 bits per heavy atom. The SMILES string of the molecule is Cc1cc(NC2CN(S(=O)(=O)c3cn(C)cn3)CC2C2CCCO2)ccc1F. The van der Waals surface area contributed by atoms with Gasteiger partial charge in [-0.05, 0) is 43.5 Å². The van der Waals surface area contributed by atoms with E-state index >= 15 is 0 Å². The summed E-state index contributed by atoms with van der Waals surface area (Å²) in [5.74, 6) is -0.238. The van der Waals surface area contributed by atoms with Gasteiger partial charge in [-0.15, -0.1) is 0 Å². The smallest absolute Gasteiger partial charge is 0.262 e. The fourth-order valence-electron chi connectivity index (χ4n) is 4.06. The molecular formula is C19H25FN4O3S. The van der Waals surface area contributed by atoms with Gasteiger partial charge in [-0.25, -0.2) is 17.8 Å². The summed E-state index contributed by atoms with van der Waals surface area (Å²) in [7, 11) is -1.93. The van der Waals surface area contributed by atoms with Crippen LogP contribution in [-0.4, -0.2) is 54.1 Å². The molecule has 4 rings (SSSR count). The van der Waals surface area contributed by atoms with Crippen molar-refractivity contribution in [3.8, 4) is 0 Å². The number of aryl methyl sites for hydroxylation is 2. The number of sulfonamides is 1. The molecule has 2 aromatic rings. The van der Waals surface area contributed by atoms with Gasteiger partial charge in [0.05, 0.1) is 12.4 Å². The first-order valence-corrected chi connectivity index (χ1v) is 10.9. The van der Waals surface area contributed by atoms with Crippen molar-refractivity contribution < 1.29 is 17.5 Å². The number of anilines is 1. The third-order valence-corrected chi connectivity index (χ3v) is 7.29. The van der Waals surface area contributed by atoms with Crippen LogP contribution in [-0.2, 0) is 21.8 Å². The number of nitrogens with zero attached hydrogens (tertiary/aromatic N) is 3. The lowest BCUT2D eigenvalue weighted by molar-refractivity contribution is 0.0651. The van der Waals surface area contributed by atoms with Crippen molar-refractivity contribution in [1.29, 1.82) is 0 Å². The van der Waals surface area contributed by atoms with Crippen LogP contribution in [0.5, 0.6) is 0 Å². The number of rotatable bonds is 5. The maximum atomic E-state index is 13.6. The first-order chi connectivity index (χ1) is 13.3. The Morgan fingerprint density at radius 2 is 2.14 bits per heavy atom. The lowest BCUT2D eigenvalue weighted by Gasteiger charge is -2.25. The van der Waals surface area contributed by atoms with E-state index < -0.39 is 10.0 Å². The zero-order valence-corrected chi connectivity index (χ0v) is 16.8. The van der Waals surface area contributed by atoms with Gasteiger partial charge in [-0.2, -0.15) is 4.31 Å². The van der Waals surface area contributed by atoms with Crippen LogP contribution in [0.15, 0.2) is 35.7 Å². The average Bonchev–Trinajstić information content (AvgIpc) is 3.38. The van der Waals surface area contributed by atoms with Gasteiger partial charge in [0.2, 0.25) is 0 Å². The molecule has 3 atom stereocenters. The van der Waals surface area contributed by atoms with Gasteiger partial charge in [-0.1, -0.05) is 0 Å². The van der Waals surface area contributed by atoms with Crippen molar-refractivity contribution in [2.75, 3.05) is 25.0 Å². The van der Waals surface area contributed by atoms with Gasteiger partial charge in [-0.3, -0.25) is 0 Å². The van der Waals surface area contributed by atoms with Crippen LogP contribution >= 0.6 is 0 Å². The topological polar surface area (TPSA) is 76.5 Å². The zero-order chi connectivity index (χ0) is 19.9. The molecule has 28 heavy (non-hydrogen) atoms. The molecule has 3 unspecified atom stereocenters. The average molecular weight is 408 g/mol. The third-order valence-electron chi connectivity index (χ3n) is 5.57. The largest absolute Gasteiger partial charge is 0.381 e. The van der Waals surface area contributed by atoms with Crippen molar-refractivity contribution in [1.82, 2.24) is 13.9 Å². The minimum absolute atomic E-state index is 0.0166. The molecule has 2 aliphatic rings. The minimum Gasteiger partial charge on any atom is -0.381 e. The summed E-state index contributed by atoms with van der Waals surface area (Å²) in [6.45, 7) is 3.11. The Hall–Kier alpha value is -1.97. The number of imidazole rings is 1. The molecule has 0 amide bonds. The number of halogens is 1. The van der Waals surface area contributed by atoms with Crippen LogP contribution in [0, 0.1) is 18.7 Å². The highest BCUT2D eigenvalue weighted by Gasteiger charge is 2.44. The molecule has 2 saturated heterocycles. The molecule has 1 N–H and O–H groups in total. The highest BCUT2D eigenvalue weighted by Crippen LogP contribution is 2.33. The van der Waals surface area contributed by atoms with E-state index in [1.165, 1.54) is 22.9 Å². The molecule has 0 radical (unpaired) electrons. The number of ether oxygens (including phenoxy) is 1. The fraction of sp³-hybridized carbons (Fsp3) is 0.526. The molecular weight excluding hydrogens is 383 g/mol. The van der Waals surface area contributed by atoms with Crippen molar-refractivity contribution in [2.24, 2.45) is 13.0 Å². The Balaban J connectivity index is 1.59. The summed E-state index contributed by atoms with van der Waals surface area (Å²) >= 11 is 0. The van der Waals surface area contributed by atoms with Gasteiger partial charge >= 0.3 is 0 Å². The molecule has 0 bridgehead atoms. The van der Waals surface area contributed by atoms with E-state index in [1.807, 2.05) is 0 Å². The molecule has 1 aromatic heterocycles. The normalized spacial score (nSPS) is 26.0. The summed E-state index contributed by atoms with van der Waals surface area (Å²) in [6.07, 6.45) is 4.92. The summed E-state index contributed by atoms with van der Waals surface area (Å²) < 4.78 is 48.7. The standard InChI is InChI=1S/C19H25FN4O3S/c1-13-8-14(5-6-16(13)20)22-17-10-24(9-15(17)18-4-3-7-27-18)28(25,26)19-11-23(2)12-21-19/h5-6,8,11-12,15,17-18,22H,3-4,7,9-10H2,1-2H3. The van der Waals surface area contributed by atoms with Crippen molar-refractivity contribution in [2.45, 2.75) is 36.9 Å². The molecule has 1 aromatic carbocycles. The monoisotopic (exact) mass is 408 g/mol. The van der Waals surface area contributed by atoms with Crippen molar-refractivity contribution in [3.63, 3.8) is 0 Å². The number of aromatic nitrogens is 2. The highest BCUT2D eigenvalue weighted by molar-refractivity contribution is 7.89. The Kier molecular flexibility index (Phi) is 5.15. The van der Waals surface area contributed by atoms with Crippen LogP contribution in [0.2, 0.25) is 0 Å². The molecule has 0 aliphatic carbocycles. The second kappa shape index (κ2) is 7.46. The molecule has 9 heteroatoms. The van der Waals surface area contributed by atoms with Crippen molar-refractivity contribution >= 4 is 15.7 Å². The van der Waals surface area contributed by atoms with Crippen molar-refractivity contribution in [3.05, 3.63) is 42.1 Å². The van der Waals surface area contributed by atoms with Gasteiger partial charge in [0.1, 0.15) is 5.82 Å². The number of hydrogen-bond acceptors (Lipinski definition) is 5. The number of hydrogen-bond donors (Lipinski definition) is 1. The summed E-state index contributed by atoms with van der Waals surface area (Å²) in [5.41, 5.74) is 1.33. The lowest BCUT2D eigenvalue weighted by atomic mass is 9.94. The number of benzene rings is 1. The van der Waals surface area contributed by atoms with E-state index in [4.69, 9.17) is 4.74 Å². The van der Waals surface area contributed by atoms with Gasteiger partial charge in [0, 0.05) is 50.6 Å². The zero-order valence-electron chi connectivity index (χ0n) is 16.0. The van der Waals surface area contributed by atoms with E-state index in [1.54, 1.807) is 30.7 Å². The highest BCUT2D eigenvalue weighted by atomic mass is 32.2. The van der Waals surface area contributed by atoms with E-state index in [0.29, 0.717) is 25.3 Å². The Labute approximate surface area is 164 Å². The van der Waals surface area contributed by atoms with Gasteiger partial charge in [0.15, 0.2) is 5.03 Å². The van der Waals surface area contributed by atoms with E-state index in [0.717, 1.165) is 18.5 Å². The van der Waals surface area contributed by atoms with Crippen LogP contribution in [0.3, 0.4) is 0 Å². The molecule has 7 nitrogen and oxygen atoms in total. The molecule has 0 spiro atoms. The van der Waals surface area contributed by atoms with Gasteiger partial charge in [0.25, 0.3) is 10.0 Å². The second-order valence-electron chi connectivity index (χ2n) is 7.63. The van der Waals surface area contributed by atoms with Crippen LogP contribution in [0.4, 0.5) is 10.1 Å². The minimum atomic E-state index is -3.67. The Morgan fingerprint density at radius 3 is 2.79 bits per heavy atom. The molecule has 2 fully saturated rings. The Bertz CT molecular complexity index is 956. The molecule has 3 heterocycles. The summed E-state index contributed by atoms with van der Waals surface area (Å²) in [4.78, 5) is 4.02. The molecule has 2 aliphatic heterocycles. The quantitative estimate of drug-likeness (QED) is 0.820. The predicted molar refractivity (Wildman–Crippen MR) is 103 cm³/mol. The summed E-state index contributed by atoms with van der Waals surface area (Å²) in [5, 5.41) is 3.47. The van der Waals surface area contributed by atoms with Gasteiger partial charge < -0.3 is 14.6 Å². The summed E-state index contributed by atoms with van der Waals surface area (Å²) in [6, 6.07) is 4.74. The fourth-order valence-corrected chi connectivity index (χ4v) is 5.53. The maximum absolute atomic E-state index is 13.6. The van der Waals surface area contributed by atoms with E-state index in [2.05, 4.69) is 10.3 Å². The first kappa shape index (κ1) is 19.4. The molecule has 0 saturated carbocycles. The van der Waals surface area contributed by atoms with E-state index in [-0.39, 0.29) is 28.9 Å². The third kappa shape index (κ3) is 3.66. The predicted octanol–water partition coefficient (Wildman–Crippen LogP) is 2.15. The lowest BCUT2D eigenvalue weighted by Crippen LogP contribution is -2.35.